The van der Waals surface area contributed by atoms with Gasteiger partial charge in [-0.05, 0) is 25.1 Å². The first-order chi connectivity index (χ1) is 14.0. The molecular weight excluding hydrogens is 439 g/mol. The van der Waals surface area contributed by atoms with Crippen LogP contribution in [0, 0.1) is 12.7 Å². The zero-order valence-electron chi connectivity index (χ0n) is 15.9. The molecule has 0 atom stereocenters. The van der Waals surface area contributed by atoms with E-state index in [1.54, 1.807) is 11.0 Å². The Morgan fingerprint density at radius 3 is 2.55 bits per heavy atom. The van der Waals surface area contributed by atoms with E-state index in [1.165, 1.54) is 17.7 Å². The standard InChI is InChI=1S/C21H20BrFN4O2/c1-14-2-4-15(5-3-14)20-24-19(29-25-20)13-26-8-10-27(11-9-26)21(28)17-7-6-16(22)12-18(17)23/h2-7,12H,8-11,13H2,1H3. The molecule has 8 heteroatoms. The van der Waals surface area contributed by atoms with Crippen molar-refractivity contribution >= 4 is 21.8 Å². The number of carbonyl (C=O) groups is 1. The van der Waals surface area contributed by atoms with Crippen LogP contribution >= 0.6 is 15.9 Å². The summed E-state index contributed by atoms with van der Waals surface area (Å²) in [5.41, 5.74) is 2.19. The van der Waals surface area contributed by atoms with Gasteiger partial charge in [0.1, 0.15) is 5.82 Å². The summed E-state index contributed by atoms with van der Waals surface area (Å²) in [6, 6.07) is 12.5. The molecule has 150 valence electrons. The number of aromatic nitrogens is 2. The van der Waals surface area contributed by atoms with Crippen molar-refractivity contribution in [2.45, 2.75) is 13.5 Å². The number of nitrogens with zero attached hydrogens (tertiary/aromatic N) is 4. The molecule has 2 aromatic carbocycles. The lowest BCUT2D eigenvalue weighted by atomic mass is 10.1. The van der Waals surface area contributed by atoms with E-state index in [-0.39, 0.29) is 11.5 Å². The van der Waals surface area contributed by atoms with Crippen LogP contribution in [0.5, 0.6) is 0 Å². The summed E-state index contributed by atoms with van der Waals surface area (Å²) in [4.78, 5) is 20.9. The maximum absolute atomic E-state index is 14.1. The average molecular weight is 459 g/mol. The number of rotatable bonds is 4. The van der Waals surface area contributed by atoms with Gasteiger partial charge in [-0.15, -0.1) is 0 Å². The third kappa shape index (κ3) is 4.54. The molecule has 0 aliphatic carbocycles. The number of hydrogen-bond donors (Lipinski definition) is 0. The lowest BCUT2D eigenvalue weighted by Crippen LogP contribution is -2.48. The highest BCUT2D eigenvalue weighted by atomic mass is 79.9. The van der Waals surface area contributed by atoms with E-state index in [2.05, 4.69) is 31.0 Å². The van der Waals surface area contributed by atoms with Gasteiger partial charge in [0.05, 0.1) is 12.1 Å². The molecule has 0 saturated carbocycles. The molecule has 1 aromatic heterocycles. The normalized spacial score (nSPS) is 14.9. The van der Waals surface area contributed by atoms with Crippen LogP contribution in [0.15, 0.2) is 51.5 Å². The Labute approximate surface area is 176 Å². The third-order valence-electron chi connectivity index (χ3n) is 4.96. The fraction of sp³-hybridized carbons (Fsp3) is 0.286. The maximum Gasteiger partial charge on any atom is 0.256 e. The highest BCUT2D eigenvalue weighted by Crippen LogP contribution is 2.19. The van der Waals surface area contributed by atoms with E-state index in [0.717, 1.165) is 5.56 Å². The summed E-state index contributed by atoms with van der Waals surface area (Å²) < 4.78 is 20.1. The van der Waals surface area contributed by atoms with Crippen LogP contribution in [0.1, 0.15) is 21.8 Å². The van der Waals surface area contributed by atoms with Crippen molar-refractivity contribution in [3.05, 3.63) is 69.8 Å². The first-order valence-electron chi connectivity index (χ1n) is 9.36. The second kappa shape index (κ2) is 8.42. The number of benzene rings is 2. The number of piperazine rings is 1. The Bertz CT molecular complexity index is 1010. The SMILES string of the molecule is Cc1ccc(-c2noc(CN3CCN(C(=O)c4ccc(Br)cc4F)CC3)n2)cc1. The smallest absolute Gasteiger partial charge is 0.256 e. The van der Waals surface area contributed by atoms with Crippen LogP contribution in [0.3, 0.4) is 0 Å². The highest BCUT2D eigenvalue weighted by Gasteiger charge is 2.25. The molecular formula is C21H20BrFN4O2. The Hall–Kier alpha value is -2.58. The lowest BCUT2D eigenvalue weighted by Gasteiger charge is -2.34. The van der Waals surface area contributed by atoms with Crippen molar-refractivity contribution < 1.29 is 13.7 Å². The van der Waals surface area contributed by atoms with E-state index in [0.29, 0.717) is 48.9 Å². The number of amides is 1. The van der Waals surface area contributed by atoms with Crippen LogP contribution in [0.4, 0.5) is 4.39 Å². The zero-order chi connectivity index (χ0) is 20.4. The molecule has 2 heterocycles. The molecule has 1 amide bonds. The van der Waals surface area contributed by atoms with E-state index in [4.69, 9.17) is 4.52 Å². The predicted molar refractivity (Wildman–Crippen MR) is 110 cm³/mol. The first-order valence-corrected chi connectivity index (χ1v) is 10.2. The molecule has 1 saturated heterocycles. The van der Waals surface area contributed by atoms with Gasteiger partial charge < -0.3 is 9.42 Å². The van der Waals surface area contributed by atoms with E-state index in [9.17, 15) is 9.18 Å². The molecule has 6 nitrogen and oxygen atoms in total. The molecule has 0 radical (unpaired) electrons. The fourth-order valence-corrected chi connectivity index (χ4v) is 3.61. The van der Waals surface area contributed by atoms with Gasteiger partial charge in [0, 0.05) is 36.2 Å². The van der Waals surface area contributed by atoms with Crippen molar-refractivity contribution in [2.24, 2.45) is 0 Å². The monoisotopic (exact) mass is 458 g/mol. The van der Waals surface area contributed by atoms with Gasteiger partial charge in [-0.1, -0.05) is 50.9 Å². The minimum Gasteiger partial charge on any atom is -0.338 e. The van der Waals surface area contributed by atoms with Gasteiger partial charge in [0.15, 0.2) is 0 Å². The third-order valence-corrected chi connectivity index (χ3v) is 5.45. The van der Waals surface area contributed by atoms with Gasteiger partial charge >= 0.3 is 0 Å². The van der Waals surface area contributed by atoms with E-state index >= 15 is 0 Å². The molecule has 29 heavy (non-hydrogen) atoms. The topological polar surface area (TPSA) is 62.5 Å². The van der Waals surface area contributed by atoms with Crippen LogP contribution < -0.4 is 0 Å². The second-order valence-corrected chi connectivity index (χ2v) is 7.99. The predicted octanol–water partition coefficient (Wildman–Crippen LogP) is 3.90. The minimum absolute atomic E-state index is 0.0984. The lowest BCUT2D eigenvalue weighted by molar-refractivity contribution is 0.0610. The number of aryl methyl sites for hydroxylation is 1. The largest absolute Gasteiger partial charge is 0.338 e. The van der Waals surface area contributed by atoms with Gasteiger partial charge in [0.25, 0.3) is 5.91 Å². The summed E-state index contributed by atoms with van der Waals surface area (Å²) in [6.45, 7) is 4.91. The maximum atomic E-state index is 14.1. The summed E-state index contributed by atoms with van der Waals surface area (Å²) in [6.07, 6.45) is 0. The summed E-state index contributed by atoms with van der Waals surface area (Å²) in [5.74, 6) is 0.314. The second-order valence-electron chi connectivity index (χ2n) is 7.07. The van der Waals surface area contributed by atoms with Crippen molar-refractivity contribution in [3.63, 3.8) is 0 Å². The zero-order valence-corrected chi connectivity index (χ0v) is 17.5. The molecule has 0 bridgehead atoms. The van der Waals surface area contributed by atoms with E-state index in [1.807, 2.05) is 31.2 Å². The van der Waals surface area contributed by atoms with Gasteiger partial charge in [0.2, 0.25) is 11.7 Å². The Kier molecular flexibility index (Phi) is 5.73. The van der Waals surface area contributed by atoms with Crippen molar-refractivity contribution in [3.8, 4) is 11.4 Å². The minimum atomic E-state index is -0.513. The number of halogens is 2. The quantitative estimate of drug-likeness (QED) is 0.592. The number of hydrogen-bond acceptors (Lipinski definition) is 5. The molecule has 3 aromatic rings. The molecule has 0 N–H and O–H groups in total. The Balaban J connectivity index is 1.34. The van der Waals surface area contributed by atoms with Gasteiger partial charge in [-0.3, -0.25) is 9.69 Å². The summed E-state index contributed by atoms with van der Waals surface area (Å²) >= 11 is 3.21. The molecule has 1 fully saturated rings. The molecule has 0 spiro atoms. The first kappa shape index (κ1) is 19.7. The van der Waals surface area contributed by atoms with Crippen LogP contribution in [0.25, 0.3) is 11.4 Å². The Morgan fingerprint density at radius 1 is 1.14 bits per heavy atom. The fourth-order valence-electron chi connectivity index (χ4n) is 3.27. The summed E-state index contributed by atoms with van der Waals surface area (Å²) in [5, 5.41) is 4.06. The number of carbonyl (C=O) groups excluding carboxylic acids is 1. The molecule has 4 rings (SSSR count). The van der Waals surface area contributed by atoms with Crippen molar-refractivity contribution in [1.29, 1.82) is 0 Å². The van der Waals surface area contributed by atoms with Gasteiger partial charge in [-0.2, -0.15) is 4.98 Å². The Morgan fingerprint density at radius 2 is 1.86 bits per heavy atom. The van der Waals surface area contributed by atoms with Crippen molar-refractivity contribution in [2.75, 3.05) is 26.2 Å². The average Bonchev–Trinajstić information content (AvgIpc) is 3.17. The molecule has 1 aliphatic rings. The van der Waals surface area contributed by atoms with Crippen LogP contribution in [-0.2, 0) is 6.54 Å². The van der Waals surface area contributed by atoms with Gasteiger partial charge in [-0.25, -0.2) is 4.39 Å². The van der Waals surface area contributed by atoms with Crippen LogP contribution in [-0.4, -0.2) is 52.0 Å². The highest BCUT2D eigenvalue weighted by molar-refractivity contribution is 9.10. The van der Waals surface area contributed by atoms with E-state index < -0.39 is 5.82 Å². The van der Waals surface area contributed by atoms with Crippen molar-refractivity contribution in [1.82, 2.24) is 19.9 Å². The molecule has 0 unspecified atom stereocenters. The molecule has 1 aliphatic heterocycles. The summed E-state index contributed by atoms with van der Waals surface area (Å²) in [7, 11) is 0. The van der Waals surface area contributed by atoms with Crippen LogP contribution in [0.2, 0.25) is 0 Å².